The van der Waals surface area contributed by atoms with Gasteiger partial charge in [-0.25, -0.2) is 8.42 Å². The molecule has 0 radical (unpaired) electrons. The van der Waals surface area contributed by atoms with E-state index in [4.69, 9.17) is 4.42 Å². The Hall–Kier alpha value is -2.90. The first kappa shape index (κ1) is 20.4. The molecule has 1 heterocycles. The van der Waals surface area contributed by atoms with Crippen molar-refractivity contribution < 1.29 is 12.8 Å². The van der Waals surface area contributed by atoms with Gasteiger partial charge in [0.1, 0.15) is 0 Å². The number of anilines is 2. The summed E-state index contributed by atoms with van der Waals surface area (Å²) in [5, 5.41) is 2.93. The highest BCUT2D eigenvalue weighted by atomic mass is 79.9. The third kappa shape index (κ3) is 4.04. The van der Waals surface area contributed by atoms with E-state index in [0.29, 0.717) is 5.69 Å². The number of nitrogens with one attached hydrogen (secondary N) is 1. The molecule has 4 aromatic rings. The zero-order valence-electron chi connectivity index (χ0n) is 16.4. The highest BCUT2D eigenvalue weighted by Gasteiger charge is 2.29. The van der Waals surface area contributed by atoms with Crippen molar-refractivity contribution in [1.29, 1.82) is 0 Å². The molecule has 0 bridgehead atoms. The molecule has 5 nitrogen and oxygen atoms in total. The molecule has 0 spiro atoms. The second kappa shape index (κ2) is 8.08. The Labute approximate surface area is 183 Å². The Kier molecular flexibility index (Phi) is 5.49. The fraction of sp³-hybridized carbons (Fsp3) is 0.0870. The summed E-state index contributed by atoms with van der Waals surface area (Å²) >= 11 is 3.33. The van der Waals surface area contributed by atoms with Gasteiger partial charge in [-0.2, -0.15) is 4.98 Å². The molecule has 0 aliphatic heterocycles. The van der Waals surface area contributed by atoms with Crippen LogP contribution in [0.25, 0.3) is 11.5 Å². The summed E-state index contributed by atoms with van der Waals surface area (Å²) in [7, 11) is -3.90. The van der Waals surface area contributed by atoms with Gasteiger partial charge in [-0.1, -0.05) is 51.8 Å². The van der Waals surface area contributed by atoms with Gasteiger partial charge in [-0.3, -0.25) is 0 Å². The van der Waals surface area contributed by atoms with E-state index in [2.05, 4.69) is 26.2 Å². The fourth-order valence-electron chi connectivity index (χ4n) is 2.99. The van der Waals surface area contributed by atoms with Crippen LogP contribution in [-0.4, -0.2) is 13.4 Å². The molecule has 30 heavy (non-hydrogen) atoms. The first-order valence-electron chi connectivity index (χ1n) is 9.26. The van der Waals surface area contributed by atoms with Crippen molar-refractivity contribution in [3.8, 4) is 11.5 Å². The van der Waals surface area contributed by atoms with Crippen molar-refractivity contribution in [3.05, 3.63) is 88.4 Å². The zero-order chi connectivity index (χ0) is 21.3. The number of nitrogens with zero attached hydrogens (tertiary/aromatic N) is 1. The number of benzene rings is 3. The van der Waals surface area contributed by atoms with E-state index in [1.165, 1.54) is 12.1 Å². The van der Waals surface area contributed by atoms with E-state index in [-0.39, 0.29) is 21.7 Å². The van der Waals surface area contributed by atoms with Crippen LogP contribution in [0.2, 0.25) is 0 Å². The molecule has 0 fully saturated rings. The maximum atomic E-state index is 13.4. The summed E-state index contributed by atoms with van der Waals surface area (Å²) in [6, 6.07) is 21.6. The SMILES string of the molecule is Cc1ccc(Nc2oc(-c3ccccc3C)nc2S(=O)(=O)c2ccc(Br)cc2)cc1. The molecule has 0 aliphatic carbocycles. The number of hydrogen-bond donors (Lipinski definition) is 1. The molecule has 0 aliphatic rings. The van der Waals surface area contributed by atoms with E-state index in [1.807, 2.05) is 62.4 Å². The minimum Gasteiger partial charge on any atom is -0.419 e. The van der Waals surface area contributed by atoms with Gasteiger partial charge in [0.2, 0.25) is 26.6 Å². The Morgan fingerprint density at radius 3 is 2.23 bits per heavy atom. The van der Waals surface area contributed by atoms with Crippen LogP contribution in [0.1, 0.15) is 11.1 Å². The Bertz CT molecular complexity index is 1300. The summed E-state index contributed by atoms with van der Waals surface area (Å²) in [6.45, 7) is 3.91. The molecule has 4 rings (SSSR count). The van der Waals surface area contributed by atoms with Crippen LogP contribution in [0.5, 0.6) is 0 Å². The molecule has 0 saturated carbocycles. The number of rotatable bonds is 5. The fourth-order valence-corrected chi connectivity index (χ4v) is 4.51. The van der Waals surface area contributed by atoms with Crippen molar-refractivity contribution in [2.45, 2.75) is 23.8 Å². The summed E-state index contributed by atoms with van der Waals surface area (Å²) in [5.74, 6) is 0.332. The molecule has 1 aromatic heterocycles. The lowest BCUT2D eigenvalue weighted by Gasteiger charge is -2.06. The van der Waals surface area contributed by atoms with Crippen molar-refractivity contribution in [2.75, 3.05) is 5.32 Å². The lowest BCUT2D eigenvalue weighted by molar-refractivity contribution is 0.581. The van der Waals surface area contributed by atoms with Crippen LogP contribution in [-0.2, 0) is 9.84 Å². The largest absolute Gasteiger partial charge is 0.419 e. The molecule has 1 N–H and O–H groups in total. The Morgan fingerprint density at radius 1 is 0.900 bits per heavy atom. The third-order valence-electron chi connectivity index (χ3n) is 4.66. The number of aromatic nitrogens is 1. The van der Waals surface area contributed by atoms with Gasteiger partial charge >= 0.3 is 0 Å². The van der Waals surface area contributed by atoms with E-state index in [9.17, 15) is 8.42 Å². The van der Waals surface area contributed by atoms with Crippen LogP contribution >= 0.6 is 15.9 Å². The van der Waals surface area contributed by atoms with E-state index >= 15 is 0 Å². The van der Waals surface area contributed by atoms with Crippen molar-refractivity contribution in [3.63, 3.8) is 0 Å². The summed E-state index contributed by atoms with van der Waals surface area (Å²) in [6.07, 6.45) is 0. The van der Waals surface area contributed by atoms with E-state index in [0.717, 1.165) is 21.2 Å². The van der Waals surface area contributed by atoms with E-state index < -0.39 is 9.84 Å². The second-order valence-electron chi connectivity index (χ2n) is 6.92. The predicted molar refractivity (Wildman–Crippen MR) is 121 cm³/mol. The second-order valence-corrected chi connectivity index (χ2v) is 9.70. The monoisotopic (exact) mass is 482 g/mol. The number of sulfone groups is 1. The van der Waals surface area contributed by atoms with Crippen LogP contribution in [0.3, 0.4) is 0 Å². The van der Waals surface area contributed by atoms with Gasteiger partial charge in [-0.15, -0.1) is 0 Å². The zero-order valence-corrected chi connectivity index (χ0v) is 18.8. The third-order valence-corrected chi connectivity index (χ3v) is 6.87. The van der Waals surface area contributed by atoms with Gasteiger partial charge in [0, 0.05) is 15.7 Å². The minimum absolute atomic E-state index is 0.0834. The van der Waals surface area contributed by atoms with Gasteiger partial charge < -0.3 is 9.73 Å². The van der Waals surface area contributed by atoms with Crippen LogP contribution in [0.4, 0.5) is 11.6 Å². The number of hydrogen-bond acceptors (Lipinski definition) is 5. The van der Waals surface area contributed by atoms with Gasteiger partial charge in [-0.05, 0) is 61.9 Å². The average Bonchev–Trinajstić information content (AvgIpc) is 3.15. The lowest BCUT2D eigenvalue weighted by atomic mass is 10.1. The molecular formula is C23H19BrN2O3S. The predicted octanol–water partition coefficient (Wildman–Crippen LogP) is 6.30. The standard InChI is InChI=1S/C23H19BrN2O3S/c1-15-7-11-18(12-8-15)25-22-23(30(27,28)19-13-9-17(24)10-14-19)26-21(29-22)20-6-4-3-5-16(20)2/h3-14,25H,1-2H3. The number of aryl methyl sites for hydroxylation is 2. The van der Waals surface area contributed by atoms with Crippen molar-refractivity contribution in [1.82, 2.24) is 4.98 Å². The summed E-state index contributed by atoms with van der Waals surface area (Å²) in [5.41, 5.74) is 3.48. The van der Waals surface area contributed by atoms with Crippen molar-refractivity contribution in [2.24, 2.45) is 0 Å². The number of oxazole rings is 1. The quantitative estimate of drug-likeness (QED) is 0.361. The molecule has 0 unspecified atom stereocenters. The molecule has 7 heteroatoms. The highest BCUT2D eigenvalue weighted by Crippen LogP contribution is 2.35. The van der Waals surface area contributed by atoms with Gasteiger partial charge in [0.15, 0.2) is 0 Å². The smallest absolute Gasteiger partial charge is 0.238 e. The van der Waals surface area contributed by atoms with Gasteiger partial charge in [0.05, 0.1) is 4.90 Å². The molecule has 152 valence electrons. The maximum absolute atomic E-state index is 13.4. The van der Waals surface area contributed by atoms with Crippen molar-refractivity contribution >= 4 is 37.3 Å². The average molecular weight is 483 g/mol. The molecule has 3 aromatic carbocycles. The van der Waals surface area contributed by atoms with Crippen LogP contribution in [0, 0.1) is 13.8 Å². The molecule has 0 saturated heterocycles. The maximum Gasteiger partial charge on any atom is 0.238 e. The minimum atomic E-state index is -3.90. The molecule has 0 amide bonds. The summed E-state index contributed by atoms with van der Waals surface area (Å²) < 4.78 is 33.5. The highest BCUT2D eigenvalue weighted by molar-refractivity contribution is 9.10. The lowest BCUT2D eigenvalue weighted by Crippen LogP contribution is -2.05. The normalized spacial score (nSPS) is 11.4. The number of halogens is 1. The first-order valence-corrected chi connectivity index (χ1v) is 11.5. The first-order chi connectivity index (χ1) is 14.3. The van der Waals surface area contributed by atoms with Gasteiger partial charge in [0.25, 0.3) is 0 Å². The Morgan fingerprint density at radius 2 is 1.57 bits per heavy atom. The molecule has 0 atom stereocenters. The molecular weight excluding hydrogens is 464 g/mol. The Balaban J connectivity index is 1.85. The summed E-state index contributed by atoms with van der Waals surface area (Å²) in [4.78, 5) is 4.54. The van der Waals surface area contributed by atoms with Crippen LogP contribution in [0.15, 0.2) is 91.6 Å². The topological polar surface area (TPSA) is 72.2 Å². The van der Waals surface area contributed by atoms with Crippen LogP contribution < -0.4 is 5.32 Å². The van der Waals surface area contributed by atoms with E-state index in [1.54, 1.807) is 12.1 Å².